The molecule has 1 aromatic carbocycles. The lowest BCUT2D eigenvalue weighted by atomic mass is 10.1. The van der Waals surface area contributed by atoms with Crippen LogP contribution < -0.4 is 5.73 Å². The van der Waals surface area contributed by atoms with Crippen molar-refractivity contribution in [2.45, 2.75) is 32.7 Å². The number of benzene rings is 1. The van der Waals surface area contributed by atoms with E-state index in [1.807, 2.05) is 6.07 Å². The van der Waals surface area contributed by atoms with Crippen LogP contribution in [0.1, 0.15) is 37.1 Å². The van der Waals surface area contributed by atoms with E-state index < -0.39 is 0 Å². The minimum Gasteiger partial charge on any atom is -0.459 e. The Morgan fingerprint density at radius 1 is 1.40 bits per heavy atom. The van der Waals surface area contributed by atoms with Crippen LogP contribution in [0.4, 0.5) is 0 Å². The Balaban J connectivity index is 2.43. The van der Waals surface area contributed by atoms with Crippen molar-refractivity contribution in [1.29, 1.82) is 0 Å². The van der Waals surface area contributed by atoms with Gasteiger partial charge in [0.05, 0.1) is 6.04 Å². The third kappa shape index (κ3) is 1.90. The van der Waals surface area contributed by atoms with Crippen LogP contribution in [0, 0.1) is 6.92 Å². The van der Waals surface area contributed by atoms with Crippen molar-refractivity contribution in [2.75, 3.05) is 0 Å². The highest BCUT2D eigenvalue weighted by Gasteiger charge is 2.11. The number of furan rings is 1. The molecule has 1 aromatic heterocycles. The lowest BCUT2D eigenvalue weighted by molar-refractivity contribution is 0.474. The normalized spacial score (nSPS) is 13.3. The van der Waals surface area contributed by atoms with E-state index in [2.05, 4.69) is 32.0 Å². The van der Waals surface area contributed by atoms with E-state index in [1.165, 1.54) is 5.56 Å². The molecule has 0 fully saturated rings. The number of hydrogen-bond acceptors (Lipinski definition) is 2. The van der Waals surface area contributed by atoms with Gasteiger partial charge >= 0.3 is 0 Å². The van der Waals surface area contributed by atoms with Gasteiger partial charge in [-0.25, -0.2) is 0 Å². The third-order valence-electron chi connectivity index (χ3n) is 2.73. The van der Waals surface area contributed by atoms with E-state index in [4.69, 9.17) is 10.2 Å². The highest BCUT2D eigenvalue weighted by Crippen LogP contribution is 2.26. The Kier molecular flexibility index (Phi) is 2.78. The minimum absolute atomic E-state index is 0.0294. The summed E-state index contributed by atoms with van der Waals surface area (Å²) in [5.74, 6) is 0.904. The molecule has 0 aliphatic carbocycles. The van der Waals surface area contributed by atoms with Crippen LogP contribution in [0.2, 0.25) is 0 Å². The molecular weight excluding hydrogens is 186 g/mol. The summed E-state index contributed by atoms with van der Waals surface area (Å²) in [6.45, 7) is 4.19. The molecule has 0 saturated heterocycles. The van der Waals surface area contributed by atoms with Gasteiger partial charge in [-0.3, -0.25) is 0 Å². The van der Waals surface area contributed by atoms with E-state index in [9.17, 15) is 0 Å². The highest BCUT2D eigenvalue weighted by atomic mass is 16.3. The van der Waals surface area contributed by atoms with Crippen LogP contribution in [0.15, 0.2) is 28.7 Å². The van der Waals surface area contributed by atoms with Gasteiger partial charge in [-0.05, 0) is 25.0 Å². The molecule has 80 valence electrons. The van der Waals surface area contributed by atoms with Gasteiger partial charge in [0.2, 0.25) is 0 Å². The maximum absolute atomic E-state index is 6.03. The summed E-state index contributed by atoms with van der Waals surface area (Å²) >= 11 is 0. The zero-order valence-corrected chi connectivity index (χ0v) is 9.29. The van der Waals surface area contributed by atoms with Gasteiger partial charge in [0.25, 0.3) is 0 Å². The predicted molar refractivity (Wildman–Crippen MR) is 62.8 cm³/mol. The van der Waals surface area contributed by atoms with Gasteiger partial charge in [-0.2, -0.15) is 0 Å². The standard InChI is InChI=1S/C13H17NO/c1-3-5-11(14)12-8-10-7-4-6-9(2)13(10)15-12/h4,6-8,11H,3,5,14H2,1-2H3/t11-/m0/s1. The molecule has 15 heavy (non-hydrogen) atoms. The van der Waals surface area contributed by atoms with Crippen molar-refractivity contribution in [3.05, 3.63) is 35.6 Å². The fourth-order valence-electron chi connectivity index (χ4n) is 1.86. The van der Waals surface area contributed by atoms with Crippen LogP contribution in [0.5, 0.6) is 0 Å². The smallest absolute Gasteiger partial charge is 0.137 e. The quantitative estimate of drug-likeness (QED) is 0.828. The summed E-state index contributed by atoms with van der Waals surface area (Å²) in [7, 11) is 0. The van der Waals surface area contributed by atoms with Gasteiger partial charge in [0, 0.05) is 5.39 Å². The summed E-state index contributed by atoms with van der Waals surface area (Å²) in [6.07, 6.45) is 2.05. The van der Waals surface area contributed by atoms with E-state index in [-0.39, 0.29) is 6.04 Å². The number of nitrogens with two attached hydrogens (primary N) is 1. The molecule has 2 N–H and O–H groups in total. The van der Waals surface area contributed by atoms with Crippen LogP contribution in [0.3, 0.4) is 0 Å². The molecule has 0 radical (unpaired) electrons. The van der Waals surface area contributed by atoms with E-state index in [1.54, 1.807) is 0 Å². The monoisotopic (exact) mass is 203 g/mol. The summed E-state index contributed by atoms with van der Waals surface area (Å²) in [5, 5.41) is 1.15. The van der Waals surface area contributed by atoms with Gasteiger partial charge in [0.15, 0.2) is 0 Å². The molecule has 2 aromatic rings. The molecule has 2 rings (SSSR count). The molecule has 0 aliphatic heterocycles. The highest BCUT2D eigenvalue weighted by molar-refractivity contribution is 5.80. The molecule has 0 spiro atoms. The van der Waals surface area contributed by atoms with E-state index in [0.717, 1.165) is 29.6 Å². The van der Waals surface area contributed by atoms with E-state index >= 15 is 0 Å². The van der Waals surface area contributed by atoms with Gasteiger partial charge < -0.3 is 10.2 Å². The first-order chi connectivity index (χ1) is 7.22. The van der Waals surface area contributed by atoms with Gasteiger partial charge in [0.1, 0.15) is 11.3 Å². The lowest BCUT2D eigenvalue weighted by Crippen LogP contribution is -2.08. The topological polar surface area (TPSA) is 39.2 Å². The van der Waals surface area contributed by atoms with Gasteiger partial charge in [-0.1, -0.05) is 31.5 Å². The molecule has 0 unspecified atom stereocenters. The SMILES string of the molecule is CCC[C@H](N)c1cc2cccc(C)c2o1. The second kappa shape index (κ2) is 4.07. The zero-order chi connectivity index (χ0) is 10.8. The van der Waals surface area contributed by atoms with Crippen molar-refractivity contribution in [1.82, 2.24) is 0 Å². The Labute approximate surface area is 90.1 Å². The fourth-order valence-corrected chi connectivity index (χ4v) is 1.86. The summed E-state index contributed by atoms with van der Waals surface area (Å²) in [4.78, 5) is 0. The predicted octanol–water partition coefficient (Wildman–Crippen LogP) is 3.54. The Bertz CT molecular complexity index is 459. The van der Waals surface area contributed by atoms with Crippen LogP contribution in [0.25, 0.3) is 11.0 Å². The molecule has 0 bridgehead atoms. The zero-order valence-electron chi connectivity index (χ0n) is 9.29. The second-order valence-corrected chi connectivity index (χ2v) is 4.04. The molecule has 1 atom stereocenters. The number of para-hydroxylation sites is 1. The van der Waals surface area contributed by atoms with Crippen molar-refractivity contribution in [3.8, 4) is 0 Å². The maximum Gasteiger partial charge on any atom is 0.137 e. The second-order valence-electron chi connectivity index (χ2n) is 4.04. The van der Waals surface area contributed by atoms with Gasteiger partial charge in [-0.15, -0.1) is 0 Å². The molecule has 0 amide bonds. The Morgan fingerprint density at radius 3 is 2.87 bits per heavy atom. The summed E-state index contributed by atoms with van der Waals surface area (Å²) < 4.78 is 5.79. The number of fused-ring (bicyclic) bond motifs is 1. The van der Waals surface area contributed by atoms with Crippen molar-refractivity contribution < 1.29 is 4.42 Å². The van der Waals surface area contributed by atoms with Crippen molar-refractivity contribution in [2.24, 2.45) is 5.73 Å². The summed E-state index contributed by atoms with van der Waals surface area (Å²) in [6, 6.07) is 8.25. The first-order valence-corrected chi connectivity index (χ1v) is 5.47. The molecule has 2 heteroatoms. The Hall–Kier alpha value is -1.28. The Morgan fingerprint density at radius 2 is 2.20 bits per heavy atom. The van der Waals surface area contributed by atoms with Crippen molar-refractivity contribution >= 4 is 11.0 Å². The largest absolute Gasteiger partial charge is 0.459 e. The number of hydrogen-bond donors (Lipinski definition) is 1. The molecule has 0 saturated carbocycles. The average Bonchev–Trinajstić information content (AvgIpc) is 2.63. The van der Waals surface area contributed by atoms with Crippen LogP contribution in [-0.4, -0.2) is 0 Å². The fraction of sp³-hybridized carbons (Fsp3) is 0.385. The van der Waals surface area contributed by atoms with Crippen LogP contribution in [-0.2, 0) is 0 Å². The molecule has 1 heterocycles. The first-order valence-electron chi connectivity index (χ1n) is 5.47. The van der Waals surface area contributed by atoms with E-state index in [0.29, 0.717) is 0 Å². The minimum atomic E-state index is 0.0294. The molecule has 0 aliphatic rings. The molecule has 2 nitrogen and oxygen atoms in total. The first kappa shape index (κ1) is 10.2. The maximum atomic E-state index is 6.03. The molecular formula is C13H17NO. The van der Waals surface area contributed by atoms with Crippen LogP contribution >= 0.6 is 0 Å². The van der Waals surface area contributed by atoms with Crippen molar-refractivity contribution in [3.63, 3.8) is 0 Å². The third-order valence-corrected chi connectivity index (χ3v) is 2.73. The number of rotatable bonds is 3. The number of aryl methyl sites for hydroxylation is 1. The average molecular weight is 203 g/mol. The summed E-state index contributed by atoms with van der Waals surface area (Å²) in [5.41, 5.74) is 8.17. The lowest BCUT2D eigenvalue weighted by Gasteiger charge is -2.05.